The third-order valence-electron chi connectivity index (χ3n) is 4.13. The molecule has 0 spiro atoms. The van der Waals surface area contributed by atoms with Crippen LogP contribution in [0, 0.1) is 0 Å². The van der Waals surface area contributed by atoms with Crippen LogP contribution in [0.4, 0.5) is 17.1 Å². The Morgan fingerprint density at radius 1 is 0.750 bits per heavy atom. The minimum Gasteiger partial charge on any atom is -0.496 e. The summed E-state index contributed by atoms with van der Waals surface area (Å²) in [6, 6.07) is 21.3. The fraction of sp³-hybridized carbons (Fsp3) is 0.0500. The van der Waals surface area contributed by atoms with Crippen molar-refractivity contribution in [1.82, 2.24) is 0 Å². The standard InChI is InChI=1S/C20H16N2O2/c1-24-19-9-5-2-6-14(19)13-10-11-15-18(12-13)21-16-7-3-4-8-17(16)22-20(15)23/h2-12,21H,1H3,(H,22,23). The zero-order chi connectivity index (χ0) is 16.5. The predicted octanol–water partition coefficient (Wildman–Crippen LogP) is 4.67. The topological polar surface area (TPSA) is 50.4 Å². The zero-order valence-corrected chi connectivity index (χ0v) is 13.2. The molecule has 1 amide bonds. The van der Waals surface area contributed by atoms with Gasteiger partial charge in [0.1, 0.15) is 5.75 Å². The number of nitrogens with one attached hydrogen (secondary N) is 2. The van der Waals surface area contributed by atoms with E-state index in [0.29, 0.717) is 5.56 Å². The fourth-order valence-corrected chi connectivity index (χ4v) is 2.93. The molecule has 4 nitrogen and oxygen atoms in total. The lowest BCUT2D eigenvalue weighted by Crippen LogP contribution is -2.10. The van der Waals surface area contributed by atoms with Gasteiger partial charge in [-0.15, -0.1) is 0 Å². The first kappa shape index (κ1) is 14.3. The molecule has 3 aromatic carbocycles. The molecule has 0 atom stereocenters. The first-order chi connectivity index (χ1) is 11.8. The maximum Gasteiger partial charge on any atom is 0.257 e. The monoisotopic (exact) mass is 316 g/mol. The molecular weight excluding hydrogens is 300 g/mol. The van der Waals surface area contributed by atoms with E-state index in [0.717, 1.165) is 33.9 Å². The number of benzene rings is 3. The Morgan fingerprint density at radius 2 is 1.46 bits per heavy atom. The van der Waals surface area contributed by atoms with Crippen LogP contribution in [0.25, 0.3) is 11.1 Å². The lowest BCUT2D eigenvalue weighted by molar-refractivity contribution is 0.102. The Morgan fingerprint density at radius 3 is 2.25 bits per heavy atom. The zero-order valence-electron chi connectivity index (χ0n) is 13.2. The summed E-state index contributed by atoms with van der Waals surface area (Å²) >= 11 is 0. The maximum atomic E-state index is 12.5. The summed E-state index contributed by atoms with van der Waals surface area (Å²) in [5.41, 5.74) is 5.03. The highest BCUT2D eigenvalue weighted by Gasteiger charge is 2.19. The van der Waals surface area contributed by atoms with E-state index in [2.05, 4.69) is 10.6 Å². The summed E-state index contributed by atoms with van der Waals surface area (Å²) in [4.78, 5) is 12.5. The number of rotatable bonds is 2. The summed E-state index contributed by atoms with van der Waals surface area (Å²) in [7, 11) is 1.66. The van der Waals surface area contributed by atoms with Gasteiger partial charge >= 0.3 is 0 Å². The SMILES string of the molecule is COc1ccccc1-c1ccc2c(c1)Nc1ccccc1NC2=O. The van der Waals surface area contributed by atoms with Gasteiger partial charge in [0.15, 0.2) is 0 Å². The molecule has 0 aliphatic carbocycles. The smallest absolute Gasteiger partial charge is 0.257 e. The van der Waals surface area contributed by atoms with E-state index in [9.17, 15) is 4.79 Å². The molecule has 3 aromatic rings. The molecule has 0 radical (unpaired) electrons. The Hall–Kier alpha value is -3.27. The third-order valence-corrected chi connectivity index (χ3v) is 4.13. The molecule has 0 saturated carbocycles. The predicted molar refractivity (Wildman–Crippen MR) is 96.1 cm³/mol. The van der Waals surface area contributed by atoms with Crippen LogP contribution in [-0.4, -0.2) is 13.0 Å². The van der Waals surface area contributed by atoms with Crippen molar-refractivity contribution in [2.24, 2.45) is 0 Å². The normalized spacial score (nSPS) is 12.3. The lowest BCUT2D eigenvalue weighted by atomic mass is 10.0. The molecule has 0 aromatic heterocycles. The number of methoxy groups -OCH3 is 1. The highest BCUT2D eigenvalue weighted by atomic mass is 16.5. The van der Waals surface area contributed by atoms with Gasteiger partial charge in [0.05, 0.1) is 29.7 Å². The maximum absolute atomic E-state index is 12.5. The molecule has 1 aliphatic heterocycles. The second kappa shape index (κ2) is 5.74. The van der Waals surface area contributed by atoms with E-state index in [1.807, 2.05) is 66.7 Å². The summed E-state index contributed by atoms with van der Waals surface area (Å²) in [5.74, 6) is 0.685. The number of carbonyl (C=O) groups is 1. The van der Waals surface area contributed by atoms with Crippen LogP contribution in [-0.2, 0) is 0 Å². The molecule has 118 valence electrons. The van der Waals surface area contributed by atoms with E-state index in [4.69, 9.17) is 4.74 Å². The molecule has 1 aliphatic rings. The van der Waals surface area contributed by atoms with E-state index < -0.39 is 0 Å². The van der Waals surface area contributed by atoms with Gasteiger partial charge in [0.2, 0.25) is 0 Å². The van der Waals surface area contributed by atoms with Crippen LogP contribution in [0.5, 0.6) is 5.75 Å². The molecule has 4 rings (SSSR count). The van der Waals surface area contributed by atoms with Crippen molar-refractivity contribution < 1.29 is 9.53 Å². The highest BCUT2D eigenvalue weighted by Crippen LogP contribution is 2.36. The van der Waals surface area contributed by atoms with Gasteiger partial charge < -0.3 is 15.4 Å². The average molecular weight is 316 g/mol. The van der Waals surface area contributed by atoms with Crippen LogP contribution < -0.4 is 15.4 Å². The van der Waals surface area contributed by atoms with Gasteiger partial charge in [-0.2, -0.15) is 0 Å². The Kier molecular flexibility index (Phi) is 3.43. The van der Waals surface area contributed by atoms with Crippen LogP contribution in [0.15, 0.2) is 66.7 Å². The minimum atomic E-state index is -0.117. The molecule has 4 heteroatoms. The largest absolute Gasteiger partial charge is 0.496 e. The first-order valence-electron chi connectivity index (χ1n) is 7.71. The quantitative estimate of drug-likeness (QED) is 0.722. The second-order valence-electron chi connectivity index (χ2n) is 5.59. The summed E-state index contributed by atoms with van der Waals surface area (Å²) in [5, 5.41) is 6.29. The van der Waals surface area contributed by atoms with Crippen molar-refractivity contribution in [3.8, 4) is 16.9 Å². The Labute approximate surface area is 140 Å². The van der Waals surface area contributed by atoms with Gasteiger partial charge in [-0.05, 0) is 35.9 Å². The Balaban J connectivity index is 1.84. The number of carbonyl (C=O) groups excluding carboxylic acids is 1. The summed E-state index contributed by atoms with van der Waals surface area (Å²) in [6.07, 6.45) is 0. The van der Waals surface area contributed by atoms with Crippen molar-refractivity contribution in [2.75, 3.05) is 17.7 Å². The van der Waals surface area contributed by atoms with Crippen molar-refractivity contribution in [1.29, 1.82) is 0 Å². The van der Waals surface area contributed by atoms with Gasteiger partial charge in [-0.25, -0.2) is 0 Å². The molecule has 0 fully saturated rings. The second-order valence-corrected chi connectivity index (χ2v) is 5.59. The first-order valence-corrected chi connectivity index (χ1v) is 7.71. The van der Waals surface area contributed by atoms with Crippen molar-refractivity contribution in [3.63, 3.8) is 0 Å². The van der Waals surface area contributed by atoms with Crippen molar-refractivity contribution in [3.05, 3.63) is 72.3 Å². The van der Waals surface area contributed by atoms with E-state index >= 15 is 0 Å². The number of para-hydroxylation sites is 3. The van der Waals surface area contributed by atoms with Crippen LogP contribution in [0.3, 0.4) is 0 Å². The van der Waals surface area contributed by atoms with Crippen LogP contribution in [0.2, 0.25) is 0 Å². The number of ether oxygens (including phenoxy) is 1. The van der Waals surface area contributed by atoms with Crippen LogP contribution in [0.1, 0.15) is 10.4 Å². The molecule has 0 unspecified atom stereocenters. The van der Waals surface area contributed by atoms with E-state index in [1.165, 1.54) is 0 Å². The fourth-order valence-electron chi connectivity index (χ4n) is 2.93. The number of anilines is 3. The number of hydrogen-bond acceptors (Lipinski definition) is 3. The van der Waals surface area contributed by atoms with Gasteiger partial charge in [-0.1, -0.05) is 36.4 Å². The number of hydrogen-bond donors (Lipinski definition) is 2. The summed E-state index contributed by atoms with van der Waals surface area (Å²) in [6.45, 7) is 0. The average Bonchev–Trinajstić information content (AvgIpc) is 2.76. The van der Waals surface area contributed by atoms with Gasteiger partial charge in [-0.3, -0.25) is 4.79 Å². The third kappa shape index (κ3) is 2.38. The van der Waals surface area contributed by atoms with Gasteiger partial charge in [0.25, 0.3) is 5.91 Å². The van der Waals surface area contributed by atoms with Crippen LogP contribution >= 0.6 is 0 Å². The van der Waals surface area contributed by atoms with E-state index in [-0.39, 0.29) is 5.91 Å². The molecule has 0 saturated heterocycles. The molecule has 1 heterocycles. The van der Waals surface area contributed by atoms with Gasteiger partial charge in [0, 0.05) is 5.56 Å². The molecule has 24 heavy (non-hydrogen) atoms. The Bertz CT molecular complexity index is 934. The molecule has 0 bridgehead atoms. The molecule has 2 N–H and O–H groups in total. The number of fused-ring (bicyclic) bond motifs is 2. The minimum absolute atomic E-state index is 0.117. The van der Waals surface area contributed by atoms with Crippen molar-refractivity contribution in [2.45, 2.75) is 0 Å². The number of amides is 1. The lowest BCUT2D eigenvalue weighted by Gasteiger charge is -2.12. The summed E-state index contributed by atoms with van der Waals surface area (Å²) < 4.78 is 5.45. The van der Waals surface area contributed by atoms with Crippen molar-refractivity contribution >= 4 is 23.0 Å². The van der Waals surface area contributed by atoms with E-state index in [1.54, 1.807) is 7.11 Å². The molecular formula is C20H16N2O2. The highest BCUT2D eigenvalue weighted by molar-refractivity contribution is 6.12.